The quantitative estimate of drug-likeness (QED) is 0.787. The highest BCUT2D eigenvalue weighted by atomic mass is 16.5. The number of morpholine rings is 1. The molecule has 1 heterocycles. The van der Waals surface area contributed by atoms with Gasteiger partial charge in [0.2, 0.25) is 0 Å². The Hall–Kier alpha value is -1.34. The van der Waals surface area contributed by atoms with Crippen LogP contribution in [0.15, 0.2) is 0 Å². The van der Waals surface area contributed by atoms with Crippen molar-refractivity contribution in [1.82, 2.24) is 15.1 Å². The second-order valence-electron chi connectivity index (χ2n) is 6.85. The van der Waals surface area contributed by atoms with E-state index in [-0.39, 0.29) is 24.7 Å². The Kier molecular flexibility index (Phi) is 6.65. The highest BCUT2D eigenvalue weighted by Crippen LogP contribution is 2.24. The van der Waals surface area contributed by atoms with Crippen LogP contribution in [-0.2, 0) is 9.53 Å². The first-order valence-corrected chi connectivity index (χ1v) is 8.53. The predicted octanol–water partition coefficient (Wildman–Crippen LogP) is 0.992. The molecule has 3 unspecified atom stereocenters. The molecule has 0 radical (unpaired) electrons. The largest absolute Gasteiger partial charge is 0.480 e. The molecule has 1 aliphatic carbocycles. The second-order valence-corrected chi connectivity index (χ2v) is 6.85. The Bertz CT molecular complexity index is 418. The molecule has 0 aromatic rings. The Morgan fingerprint density at radius 2 is 2.09 bits per heavy atom. The average Bonchev–Trinajstić information content (AvgIpc) is 2.49. The van der Waals surface area contributed by atoms with Crippen molar-refractivity contribution in [3.63, 3.8) is 0 Å². The summed E-state index contributed by atoms with van der Waals surface area (Å²) in [5, 5.41) is 12.0. The molecule has 2 fully saturated rings. The number of amides is 2. The van der Waals surface area contributed by atoms with Crippen LogP contribution in [0.5, 0.6) is 0 Å². The van der Waals surface area contributed by atoms with Crippen molar-refractivity contribution < 1.29 is 19.4 Å². The van der Waals surface area contributed by atoms with Crippen molar-refractivity contribution in [1.29, 1.82) is 0 Å². The summed E-state index contributed by atoms with van der Waals surface area (Å²) in [5.41, 5.74) is 0. The molecule has 2 aliphatic rings. The van der Waals surface area contributed by atoms with E-state index in [0.717, 1.165) is 6.42 Å². The number of likely N-dealkylation sites (N-methyl/N-ethyl adjacent to an activating group) is 1. The fourth-order valence-electron chi connectivity index (χ4n) is 3.44. The number of nitrogens with zero attached hydrogens (tertiary/aromatic N) is 2. The number of carboxylic acid groups (broad SMARTS) is 1. The van der Waals surface area contributed by atoms with E-state index < -0.39 is 5.97 Å². The van der Waals surface area contributed by atoms with E-state index in [9.17, 15) is 9.59 Å². The lowest BCUT2D eigenvalue weighted by Gasteiger charge is -2.37. The Morgan fingerprint density at radius 3 is 2.78 bits per heavy atom. The maximum absolute atomic E-state index is 12.5. The molecule has 1 saturated carbocycles. The molecule has 0 bridgehead atoms. The minimum absolute atomic E-state index is 0.0158. The lowest BCUT2D eigenvalue weighted by Crippen LogP contribution is -2.55. The number of nitrogens with one attached hydrogen (secondary N) is 1. The number of carbonyl (C=O) groups is 2. The van der Waals surface area contributed by atoms with Crippen LogP contribution in [0.4, 0.5) is 4.79 Å². The summed E-state index contributed by atoms with van der Waals surface area (Å²) in [6.45, 7) is 4.29. The first kappa shape index (κ1) is 18.0. The van der Waals surface area contributed by atoms with Gasteiger partial charge in [-0.1, -0.05) is 19.8 Å². The van der Waals surface area contributed by atoms with E-state index in [4.69, 9.17) is 9.84 Å². The van der Waals surface area contributed by atoms with Gasteiger partial charge in [-0.2, -0.15) is 0 Å². The smallest absolute Gasteiger partial charge is 0.317 e. The first-order valence-electron chi connectivity index (χ1n) is 8.53. The monoisotopic (exact) mass is 327 g/mol. The van der Waals surface area contributed by atoms with Crippen molar-refractivity contribution in [2.75, 3.05) is 39.8 Å². The molecule has 7 nitrogen and oxygen atoms in total. The number of hydrogen-bond acceptors (Lipinski definition) is 4. The normalized spacial score (nSPS) is 28.7. The molecule has 7 heteroatoms. The lowest BCUT2D eigenvalue weighted by atomic mass is 9.86. The van der Waals surface area contributed by atoms with Crippen LogP contribution in [0, 0.1) is 5.92 Å². The number of aliphatic carboxylic acids is 1. The third-order valence-corrected chi connectivity index (χ3v) is 4.77. The average molecular weight is 327 g/mol. The van der Waals surface area contributed by atoms with Gasteiger partial charge in [0.25, 0.3) is 0 Å². The van der Waals surface area contributed by atoms with Gasteiger partial charge in [-0.25, -0.2) is 4.79 Å². The van der Waals surface area contributed by atoms with Crippen LogP contribution >= 0.6 is 0 Å². The first-order chi connectivity index (χ1) is 11.0. The topological polar surface area (TPSA) is 82.1 Å². The fraction of sp³-hybridized carbons (Fsp3) is 0.875. The van der Waals surface area contributed by atoms with Crippen molar-refractivity contribution >= 4 is 12.0 Å². The van der Waals surface area contributed by atoms with Crippen molar-refractivity contribution in [3.05, 3.63) is 0 Å². The van der Waals surface area contributed by atoms with Gasteiger partial charge in [-0.15, -0.1) is 0 Å². The minimum Gasteiger partial charge on any atom is -0.480 e. The lowest BCUT2D eigenvalue weighted by molar-refractivity contribution is -0.138. The summed E-state index contributed by atoms with van der Waals surface area (Å²) < 4.78 is 5.67. The molecule has 0 aromatic heterocycles. The van der Waals surface area contributed by atoms with Crippen LogP contribution in [0.1, 0.15) is 32.6 Å². The zero-order valence-corrected chi connectivity index (χ0v) is 14.2. The maximum atomic E-state index is 12.5. The third-order valence-electron chi connectivity index (χ3n) is 4.77. The van der Waals surface area contributed by atoms with Crippen LogP contribution < -0.4 is 5.32 Å². The number of carbonyl (C=O) groups excluding carboxylic acids is 1. The standard InChI is InChI=1S/C16H29N3O4/c1-12-5-3-4-6-14(12)17-16(22)19-7-8-23-13(10-19)9-18(2)11-15(20)21/h12-14H,3-11H2,1-2H3,(H,17,22)(H,20,21). The Morgan fingerprint density at radius 1 is 1.35 bits per heavy atom. The number of ether oxygens (including phenoxy) is 1. The van der Waals surface area contributed by atoms with E-state index in [2.05, 4.69) is 12.2 Å². The van der Waals surface area contributed by atoms with Crippen molar-refractivity contribution in [2.45, 2.75) is 44.8 Å². The summed E-state index contributed by atoms with van der Waals surface area (Å²) in [4.78, 5) is 26.7. The molecule has 23 heavy (non-hydrogen) atoms. The molecular formula is C16H29N3O4. The SMILES string of the molecule is CC1CCCCC1NC(=O)N1CCOC(CN(C)CC(=O)O)C1. The molecule has 2 N–H and O–H groups in total. The highest BCUT2D eigenvalue weighted by Gasteiger charge is 2.29. The van der Waals surface area contributed by atoms with Crippen LogP contribution in [0.25, 0.3) is 0 Å². The summed E-state index contributed by atoms with van der Waals surface area (Å²) in [6, 6.07) is 0.255. The van der Waals surface area contributed by atoms with E-state index in [0.29, 0.717) is 32.2 Å². The molecule has 1 aliphatic heterocycles. The van der Waals surface area contributed by atoms with Gasteiger partial charge in [0, 0.05) is 25.7 Å². The number of carboxylic acids is 1. The van der Waals surface area contributed by atoms with E-state index >= 15 is 0 Å². The molecule has 2 rings (SSSR count). The van der Waals surface area contributed by atoms with E-state index in [1.54, 1.807) is 16.8 Å². The van der Waals surface area contributed by atoms with Crippen molar-refractivity contribution in [3.8, 4) is 0 Å². The van der Waals surface area contributed by atoms with Gasteiger partial charge in [-0.3, -0.25) is 9.69 Å². The van der Waals surface area contributed by atoms with Gasteiger partial charge in [-0.05, 0) is 25.8 Å². The fourth-order valence-corrected chi connectivity index (χ4v) is 3.44. The third kappa shape index (κ3) is 5.66. The number of hydrogen-bond donors (Lipinski definition) is 2. The summed E-state index contributed by atoms with van der Waals surface area (Å²) in [5.74, 6) is -0.324. The predicted molar refractivity (Wildman–Crippen MR) is 86.4 cm³/mol. The summed E-state index contributed by atoms with van der Waals surface area (Å²) >= 11 is 0. The Labute approximate surface area is 138 Å². The number of rotatable bonds is 5. The summed E-state index contributed by atoms with van der Waals surface area (Å²) in [7, 11) is 1.75. The highest BCUT2D eigenvalue weighted by molar-refractivity contribution is 5.74. The Balaban J connectivity index is 1.80. The minimum atomic E-state index is -0.857. The zero-order valence-electron chi connectivity index (χ0n) is 14.2. The van der Waals surface area contributed by atoms with E-state index in [1.807, 2.05) is 0 Å². The number of urea groups is 1. The molecular weight excluding hydrogens is 298 g/mol. The molecule has 1 saturated heterocycles. The summed E-state index contributed by atoms with van der Waals surface area (Å²) in [6.07, 6.45) is 4.53. The molecule has 132 valence electrons. The van der Waals surface area contributed by atoms with Crippen LogP contribution in [-0.4, -0.2) is 78.9 Å². The zero-order chi connectivity index (χ0) is 16.8. The van der Waals surface area contributed by atoms with Gasteiger partial charge >= 0.3 is 12.0 Å². The van der Waals surface area contributed by atoms with Gasteiger partial charge < -0.3 is 20.1 Å². The van der Waals surface area contributed by atoms with E-state index in [1.165, 1.54) is 19.3 Å². The van der Waals surface area contributed by atoms with Crippen LogP contribution in [0.3, 0.4) is 0 Å². The second kappa shape index (κ2) is 8.49. The molecule has 0 spiro atoms. The van der Waals surface area contributed by atoms with Crippen LogP contribution in [0.2, 0.25) is 0 Å². The maximum Gasteiger partial charge on any atom is 0.317 e. The van der Waals surface area contributed by atoms with Gasteiger partial charge in [0.05, 0.1) is 19.3 Å². The van der Waals surface area contributed by atoms with Gasteiger partial charge in [0.15, 0.2) is 0 Å². The van der Waals surface area contributed by atoms with Gasteiger partial charge in [0.1, 0.15) is 0 Å². The molecule has 0 aromatic carbocycles. The molecule has 3 atom stereocenters. The van der Waals surface area contributed by atoms with Crippen molar-refractivity contribution in [2.24, 2.45) is 5.92 Å². The molecule has 2 amide bonds.